The van der Waals surface area contributed by atoms with E-state index in [-0.39, 0.29) is 0 Å². The van der Waals surface area contributed by atoms with E-state index in [1.165, 1.54) is 19.5 Å². The van der Waals surface area contributed by atoms with E-state index in [1.54, 1.807) is 0 Å². The van der Waals surface area contributed by atoms with Crippen molar-refractivity contribution in [1.82, 2.24) is 15.5 Å². The van der Waals surface area contributed by atoms with Gasteiger partial charge in [0.25, 0.3) is 0 Å². The van der Waals surface area contributed by atoms with Crippen molar-refractivity contribution in [2.75, 3.05) is 33.9 Å². The molecule has 0 spiro atoms. The topological polar surface area (TPSA) is 27.3 Å². The third-order valence-electron chi connectivity index (χ3n) is 1.96. The highest BCUT2D eigenvalue weighted by Crippen LogP contribution is 2.04. The average Bonchev–Trinajstić information content (AvgIpc) is 2.31. The van der Waals surface area contributed by atoms with Crippen molar-refractivity contribution in [3.8, 4) is 0 Å². The van der Waals surface area contributed by atoms with E-state index in [2.05, 4.69) is 22.6 Å². The van der Waals surface area contributed by atoms with Crippen LogP contribution in [0, 0.1) is 0 Å². The van der Waals surface area contributed by atoms with Crippen LogP contribution in [-0.4, -0.2) is 44.8 Å². The quantitative estimate of drug-likeness (QED) is 0.519. The Hall–Kier alpha value is -0.120. The summed E-state index contributed by atoms with van der Waals surface area (Å²) in [6.07, 6.45) is 1.29. The summed E-state index contributed by atoms with van der Waals surface area (Å²) >= 11 is 0. The number of rotatable bonds is 3. The molecule has 0 bridgehead atoms. The Morgan fingerprint density at radius 3 is 2.90 bits per heavy atom. The molecule has 1 heterocycles. The predicted molar refractivity (Wildman–Crippen MR) is 43.0 cm³/mol. The Morgan fingerprint density at radius 2 is 2.40 bits per heavy atom. The van der Waals surface area contributed by atoms with Crippen molar-refractivity contribution in [3.05, 3.63) is 0 Å². The van der Waals surface area contributed by atoms with Crippen molar-refractivity contribution >= 4 is 0 Å². The smallest absolute Gasteiger partial charge is 0.0454 e. The van der Waals surface area contributed by atoms with Crippen LogP contribution >= 0.6 is 0 Å². The summed E-state index contributed by atoms with van der Waals surface area (Å²) in [6, 6.07) is 0.706. The molecule has 10 heavy (non-hydrogen) atoms. The molecule has 1 unspecified atom stereocenters. The molecule has 3 heteroatoms. The van der Waals surface area contributed by atoms with Crippen LogP contribution in [0.1, 0.15) is 6.42 Å². The fourth-order valence-electron chi connectivity index (χ4n) is 1.35. The Balaban J connectivity index is 2.06. The number of likely N-dealkylation sites (N-methyl/N-ethyl adjacent to an activating group) is 1. The molecule has 0 aromatic rings. The van der Waals surface area contributed by atoms with Crippen molar-refractivity contribution in [1.29, 1.82) is 0 Å². The van der Waals surface area contributed by atoms with E-state index in [1.807, 2.05) is 7.05 Å². The van der Waals surface area contributed by atoms with Gasteiger partial charge in [-0.25, -0.2) is 0 Å². The van der Waals surface area contributed by atoms with E-state index >= 15 is 0 Å². The standard InChI is InChI=1S/C7H17N3/c1-8-6-9-7-3-4-10(2)5-7/h7-9H,3-6H2,1-2H3. The minimum Gasteiger partial charge on any atom is -0.308 e. The highest BCUT2D eigenvalue weighted by Gasteiger charge is 2.17. The lowest BCUT2D eigenvalue weighted by molar-refractivity contribution is 0.396. The molecule has 0 aromatic heterocycles. The van der Waals surface area contributed by atoms with Crippen LogP contribution in [0.2, 0.25) is 0 Å². The molecule has 0 radical (unpaired) electrons. The number of nitrogens with zero attached hydrogens (tertiary/aromatic N) is 1. The van der Waals surface area contributed by atoms with Gasteiger partial charge in [-0.15, -0.1) is 0 Å². The fourth-order valence-corrected chi connectivity index (χ4v) is 1.35. The van der Waals surface area contributed by atoms with E-state index in [9.17, 15) is 0 Å². The summed E-state index contributed by atoms with van der Waals surface area (Å²) in [4.78, 5) is 2.35. The van der Waals surface area contributed by atoms with Gasteiger partial charge in [-0.3, -0.25) is 0 Å². The molecule has 1 aliphatic heterocycles. The highest BCUT2D eigenvalue weighted by molar-refractivity contribution is 4.77. The number of hydrogen-bond acceptors (Lipinski definition) is 3. The summed E-state index contributed by atoms with van der Waals surface area (Å²) in [5.74, 6) is 0. The molecule has 1 rings (SSSR count). The number of nitrogens with one attached hydrogen (secondary N) is 2. The first-order valence-electron chi connectivity index (χ1n) is 3.89. The SMILES string of the molecule is CNCNC1CCN(C)C1. The number of likely N-dealkylation sites (tertiary alicyclic amines) is 1. The Kier molecular flexibility index (Phi) is 3.12. The van der Waals surface area contributed by atoms with E-state index < -0.39 is 0 Å². The van der Waals surface area contributed by atoms with Gasteiger partial charge in [-0.05, 0) is 27.1 Å². The summed E-state index contributed by atoms with van der Waals surface area (Å²) in [7, 11) is 4.13. The minimum atomic E-state index is 0.706. The van der Waals surface area contributed by atoms with Crippen LogP contribution in [0.5, 0.6) is 0 Å². The molecule has 1 saturated heterocycles. The van der Waals surface area contributed by atoms with Crippen molar-refractivity contribution in [2.24, 2.45) is 0 Å². The molecular weight excluding hydrogens is 126 g/mol. The highest BCUT2D eigenvalue weighted by atomic mass is 15.2. The second-order valence-corrected chi connectivity index (χ2v) is 2.98. The van der Waals surface area contributed by atoms with Gasteiger partial charge in [0.15, 0.2) is 0 Å². The Bertz CT molecular complexity index is 94.9. The van der Waals surface area contributed by atoms with E-state index in [0.717, 1.165) is 6.67 Å². The lowest BCUT2D eigenvalue weighted by Gasteiger charge is -2.11. The van der Waals surface area contributed by atoms with Crippen LogP contribution in [-0.2, 0) is 0 Å². The van der Waals surface area contributed by atoms with Crippen LogP contribution in [0.3, 0.4) is 0 Å². The first-order chi connectivity index (χ1) is 4.83. The van der Waals surface area contributed by atoms with Crippen LogP contribution in [0.4, 0.5) is 0 Å². The molecule has 0 aliphatic carbocycles. The zero-order valence-electron chi connectivity index (χ0n) is 6.85. The summed E-state index contributed by atoms with van der Waals surface area (Å²) in [5, 5.41) is 6.49. The van der Waals surface area contributed by atoms with Gasteiger partial charge < -0.3 is 15.5 Å². The van der Waals surface area contributed by atoms with Gasteiger partial charge in [0.05, 0.1) is 0 Å². The third-order valence-corrected chi connectivity index (χ3v) is 1.96. The van der Waals surface area contributed by atoms with E-state index in [0.29, 0.717) is 6.04 Å². The summed E-state index contributed by atoms with van der Waals surface area (Å²) < 4.78 is 0. The lowest BCUT2D eigenvalue weighted by atomic mass is 10.3. The van der Waals surface area contributed by atoms with Gasteiger partial charge >= 0.3 is 0 Å². The molecular formula is C7H17N3. The molecule has 2 N–H and O–H groups in total. The zero-order chi connectivity index (χ0) is 7.40. The van der Waals surface area contributed by atoms with Gasteiger partial charge in [-0.1, -0.05) is 0 Å². The van der Waals surface area contributed by atoms with Crippen molar-refractivity contribution in [3.63, 3.8) is 0 Å². The maximum Gasteiger partial charge on any atom is 0.0454 e. The van der Waals surface area contributed by atoms with Gasteiger partial charge in [0.1, 0.15) is 0 Å². The summed E-state index contributed by atoms with van der Waals surface area (Å²) in [6.45, 7) is 3.36. The van der Waals surface area contributed by atoms with Crippen LogP contribution < -0.4 is 10.6 Å². The Labute approximate surface area is 62.8 Å². The van der Waals surface area contributed by atoms with Gasteiger partial charge in [0, 0.05) is 19.3 Å². The van der Waals surface area contributed by atoms with Crippen molar-refractivity contribution < 1.29 is 0 Å². The molecule has 0 saturated carbocycles. The molecule has 0 amide bonds. The maximum absolute atomic E-state index is 3.41. The summed E-state index contributed by atoms with van der Waals surface area (Å²) in [5.41, 5.74) is 0. The lowest BCUT2D eigenvalue weighted by Crippen LogP contribution is -2.36. The van der Waals surface area contributed by atoms with Crippen molar-refractivity contribution in [2.45, 2.75) is 12.5 Å². The largest absolute Gasteiger partial charge is 0.308 e. The second-order valence-electron chi connectivity index (χ2n) is 2.98. The van der Waals surface area contributed by atoms with Crippen LogP contribution in [0.25, 0.3) is 0 Å². The Morgan fingerprint density at radius 1 is 1.60 bits per heavy atom. The minimum absolute atomic E-state index is 0.706. The second kappa shape index (κ2) is 3.91. The van der Waals surface area contributed by atoms with Crippen LogP contribution in [0.15, 0.2) is 0 Å². The van der Waals surface area contributed by atoms with E-state index in [4.69, 9.17) is 0 Å². The molecule has 1 fully saturated rings. The van der Waals surface area contributed by atoms with Gasteiger partial charge in [0.2, 0.25) is 0 Å². The molecule has 1 aliphatic rings. The average molecular weight is 143 g/mol. The predicted octanol–water partition coefficient (Wildman–Crippen LogP) is -0.543. The molecule has 1 atom stereocenters. The first-order valence-corrected chi connectivity index (χ1v) is 3.89. The zero-order valence-corrected chi connectivity index (χ0v) is 6.85. The third kappa shape index (κ3) is 2.25. The monoisotopic (exact) mass is 143 g/mol. The van der Waals surface area contributed by atoms with Gasteiger partial charge in [-0.2, -0.15) is 0 Å². The molecule has 3 nitrogen and oxygen atoms in total. The normalized spacial score (nSPS) is 27.6. The first kappa shape index (κ1) is 7.98. The maximum atomic E-state index is 3.41. The number of hydrogen-bond donors (Lipinski definition) is 2. The fraction of sp³-hybridized carbons (Fsp3) is 1.00. The molecule has 0 aromatic carbocycles. The molecule has 60 valence electrons.